The molecule has 1 aromatic carbocycles. The second-order valence-corrected chi connectivity index (χ2v) is 4.34. The molecule has 1 heterocycles. The fourth-order valence-corrected chi connectivity index (χ4v) is 1.71. The topological polar surface area (TPSA) is 81.5 Å². The highest BCUT2D eigenvalue weighted by Gasteiger charge is 2.14. The van der Waals surface area contributed by atoms with Crippen LogP contribution in [-0.2, 0) is 0 Å². The Morgan fingerprint density at radius 2 is 2.16 bits per heavy atom. The third kappa shape index (κ3) is 3.19. The maximum Gasteiger partial charge on any atom is 0.339 e. The van der Waals surface area contributed by atoms with Gasteiger partial charge in [0, 0.05) is 16.7 Å². The predicted octanol–water partition coefficient (Wildman–Crippen LogP) is 2.74. The summed E-state index contributed by atoms with van der Waals surface area (Å²) in [6.07, 6.45) is 1.46. The van der Waals surface area contributed by atoms with Crippen LogP contribution in [0.4, 0.5) is 0 Å². The number of hydrogen-bond donors (Lipinski definition) is 1. The SMILES string of the molecule is COc1ccnc(Oc2ccc(Br)cc2C(=O)O)n1. The minimum atomic E-state index is -1.10. The Hall–Kier alpha value is -2.15. The van der Waals surface area contributed by atoms with E-state index in [1.807, 2.05) is 0 Å². The number of hydrogen-bond acceptors (Lipinski definition) is 5. The monoisotopic (exact) mass is 324 g/mol. The van der Waals surface area contributed by atoms with Crippen LogP contribution in [0.2, 0.25) is 0 Å². The van der Waals surface area contributed by atoms with Crippen molar-refractivity contribution in [1.29, 1.82) is 0 Å². The van der Waals surface area contributed by atoms with Crippen molar-refractivity contribution in [2.45, 2.75) is 0 Å². The van der Waals surface area contributed by atoms with Gasteiger partial charge in [-0.05, 0) is 18.2 Å². The van der Waals surface area contributed by atoms with Gasteiger partial charge in [-0.1, -0.05) is 15.9 Å². The van der Waals surface area contributed by atoms with Crippen LogP contribution in [0.15, 0.2) is 34.9 Å². The predicted molar refractivity (Wildman–Crippen MR) is 69.8 cm³/mol. The Morgan fingerprint density at radius 1 is 1.37 bits per heavy atom. The lowest BCUT2D eigenvalue weighted by molar-refractivity contribution is 0.0694. The zero-order chi connectivity index (χ0) is 13.8. The van der Waals surface area contributed by atoms with Gasteiger partial charge in [0.15, 0.2) is 0 Å². The first kappa shape index (κ1) is 13.3. The van der Waals surface area contributed by atoms with Crippen molar-refractivity contribution in [3.05, 3.63) is 40.5 Å². The van der Waals surface area contributed by atoms with Gasteiger partial charge in [-0.3, -0.25) is 0 Å². The van der Waals surface area contributed by atoms with Gasteiger partial charge >= 0.3 is 12.0 Å². The van der Waals surface area contributed by atoms with Gasteiger partial charge in [0.05, 0.1) is 7.11 Å². The Kier molecular flexibility index (Phi) is 3.96. The summed E-state index contributed by atoms with van der Waals surface area (Å²) >= 11 is 3.20. The van der Waals surface area contributed by atoms with Gasteiger partial charge in [-0.15, -0.1) is 0 Å². The molecule has 0 bridgehead atoms. The van der Waals surface area contributed by atoms with Crippen molar-refractivity contribution >= 4 is 21.9 Å². The second kappa shape index (κ2) is 5.66. The Labute approximate surface area is 117 Å². The van der Waals surface area contributed by atoms with Crippen molar-refractivity contribution in [1.82, 2.24) is 9.97 Å². The van der Waals surface area contributed by atoms with Gasteiger partial charge in [0.25, 0.3) is 0 Å². The summed E-state index contributed by atoms with van der Waals surface area (Å²) in [7, 11) is 1.47. The third-order valence-corrected chi connectivity index (χ3v) is 2.68. The van der Waals surface area contributed by atoms with E-state index in [1.165, 1.54) is 25.4 Å². The van der Waals surface area contributed by atoms with E-state index >= 15 is 0 Å². The van der Waals surface area contributed by atoms with Gasteiger partial charge in [0.2, 0.25) is 5.88 Å². The van der Waals surface area contributed by atoms with Gasteiger partial charge < -0.3 is 14.6 Å². The highest BCUT2D eigenvalue weighted by Crippen LogP contribution is 2.26. The number of carboxylic acid groups (broad SMARTS) is 1. The first-order valence-corrected chi connectivity index (χ1v) is 5.97. The van der Waals surface area contributed by atoms with Crippen molar-refractivity contribution in [3.8, 4) is 17.6 Å². The number of halogens is 1. The van der Waals surface area contributed by atoms with Crippen molar-refractivity contribution in [3.63, 3.8) is 0 Å². The fourth-order valence-electron chi connectivity index (χ4n) is 1.34. The molecule has 19 heavy (non-hydrogen) atoms. The number of nitrogens with zero attached hydrogens (tertiary/aromatic N) is 2. The van der Waals surface area contributed by atoms with E-state index in [2.05, 4.69) is 25.9 Å². The Morgan fingerprint density at radius 3 is 2.84 bits per heavy atom. The summed E-state index contributed by atoms with van der Waals surface area (Å²) in [6, 6.07) is 6.21. The molecule has 0 fully saturated rings. The average Bonchev–Trinajstić information content (AvgIpc) is 2.41. The van der Waals surface area contributed by atoms with E-state index in [0.29, 0.717) is 10.4 Å². The molecule has 0 aliphatic heterocycles. The number of carbonyl (C=O) groups is 1. The largest absolute Gasteiger partial charge is 0.481 e. The molecule has 1 N–H and O–H groups in total. The summed E-state index contributed by atoms with van der Waals surface area (Å²) in [6.45, 7) is 0. The summed E-state index contributed by atoms with van der Waals surface area (Å²) in [5.74, 6) is -0.609. The van der Waals surface area contributed by atoms with Crippen LogP contribution in [0.1, 0.15) is 10.4 Å². The van der Waals surface area contributed by atoms with E-state index in [4.69, 9.17) is 14.6 Å². The van der Waals surface area contributed by atoms with Gasteiger partial charge in [-0.2, -0.15) is 4.98 Å². The number of benzene rings is 1. The van der Waals surface area contributed by atoms with Crippen molar-refractivity contribution in [2.75, 3.05) is 7.11 Å². The molecule has 2 rings (SSSR count). The number of aromatic nitrogens is 2. The maximum atomic E-state index is 11.1. The number of ether oxygens (including phenoxy) is 2. The normalized spacial score (nSPS) is 10.0. The quantitative estimate of drug-likeness (QED) is 0.931. The molecule has 0 amide bonds. The van der Waals surface area contributed by atoms with Crippen LogP contribution < -0.4 is 9.47 Å². The highest BCUT2D eigenvalue weighted by molar-refractivity contribution is 9.10. The molecular formula is C12H9BrN2O4. The molecule has 98 valence electrons. The third-order valence-electron chi connectivity index (χ3n) is 2.19. The number of methoxy groups -OCH3 is 1. The molecule has 7 heteroatoms. The Balaban J connectivity index is 2.34. The number of aromatic carboxylic acids is 1. The zero-order valence-electron chi connectivity index (χ0n) is 9.83. The van der Waals surface area contributed by atoms with E-state index < -0.39 is 5.97 Å². The molecule has 0 saturated heterocycles. The minimum absolute atomic E-state index is 0.0146. The van der Waals surface area contributed by atoms with Crippen LogP contribution in [-0.4, -0.2) is 28.2 Å². The lowest BCUT2D eigenvalue weighted by Crippen LogP contribution is -2.02. The molecule has 0 aliphatic rings. The number of carboxylic acids is 1. The van der Waals surface area contributed by atoms with Crippen LogP contribution in [0.25, 0.3) is 0 Å². The smallest absolute Gasteiger partial charge is 0.339 e. The highest BCUT2D eigenvalue weighted by atomic mass is 79.9. The van der Waals surface area contributed by atoms with E-state index in [-0.39, 0.29) is 17.3 Å². The van der Waals surface area contributed by atoms with Crippen molar-refractivity contribution < 1.29 is 19.4 Å². The molecule has 0 spiro atoms. The second-order valence-electron chi connectivity index (χ2n) is 3.43. The average molecular weight is 325 g/mol. The molecule has 1 aromatic heterocycles. The van der Waals surface area contributed by atoms with Crippen LogP contribution in [0.5, 0.6) is 17.6 Å². The summed E-state index contributed by atoms with van der Waals surface area (Å²) < 4.78 is 10.9. The number of rotatable bonds is 4. The van der Waals surface area contributed by atoms with Crippen LogP contribution >= 0.6 is 15.9 Å². The molecule has 0 unspecified atom stereocenters. The lowest BCUT2D eigenvalue weighted by Gasteiger charge is -2.08. The maximum absolute atomic E-state index is 11.1. The summed E-state index contributed by atoms with van der Waals surface area (Å²) in [4.78, 5) is 19.0. The molecule has 0 aliphatic carbocycles. The Bertz CT molecular complexity index is 618. The fraction of sp³-hybridized carbons (Fsp3) is 0.0833. The molecular weight excluding hydrogens is 316 g/mol. The van der Waals surface area contributed by atoms with Crippen molar-refractivity contribution in [2.24, 2.45) is 0 Å². The standard InChI is InChI=1S/C12H9BrN2O4/c1-18-10-4-5-14-12(15-10)19-9-3-2-7(13)6-8(9)11(16)17/h2-6H,1H3,(H,16,17). The minimum Gasteiger partial charge on any atom is -0.481 e. The van der Waals surface area contributed by atoms with Crippen LogP contribution in [0, 0.1) is 0 Å². The first-order valence-electron chi connectivity index (χ1n) is 5.18. The molecule has 0 atom stereocenters. The molecule has 0 saturated carbocycles. The summed E-state index contributed by atoms with van der Waals surface area (Å²) in [5.41, 5.74) is 0.0146. The van der Waals surface area contributed by atoms with E-state index in [9.17, 15) is 4.79 Å². The van der Waals surface area contributed by atoms with Gasteiger partial charge in [0.1, 0.15) is 11.3 Å². The van der Waals surface area contributed by atoms with E-state index in [0.717, 1.165) is 0 Å². The molecule has 0 radical (unpaired) electrons. The van der Waals surface area contributed by atoms with E-state index in [1.54, 1.807) is 12.1 Å². The van der Waals surface area contributed by atoms with Crippen LogP contribution in [0.3, 0.4) is 0 Å². The first-order chi connectivity index (χ1) is 9.10. The lowest BCUT2D eigenvalue weighted by atomic mass is 10.2. The zero-order valence-corrected chi connectivity index (χ0v) is 11.4. The summed E-state index contributed by atoms with van der Waals surface area (Å²) in [5, 5.41) is 9.10. The van der Waals surface area contributed by atoms with Gasteiger partial charge in [-0.25, -0.2) is 9.78 Å². The molecule has 2 aromatic rings. The molecule has 6 nitrogen and oxygen atoms in total.